The third-order valence-electron chi connectivity index (χ3n) is 5.07. The van der Waals surface area contributed by atoms with Crippen LogP contribution >= 0.6 is 11.3 Å². The van der Waals surface area contributed by atoms with E-state index in [1.54, 1.807) is 17.7 Å². The SMILES string of the molecule is c1ccc(-c2cc3c(NCCCNC4CCCCC4)ncnc3s2)cc1. The van der Waals surface area contributed by atoms with Crippen molar-refractivity contribution >= 4 is 27.4 Å². The monoisotopic (exact) mass is 366 g/mol. The maximum absolute atomic E-state index is 4.47. The fourth-order valence-corrected chi connectivity index (χ4v) is 4.65. The molecule has 5 heteroatoms. The molecule has 2 N–H and O–H groups in total. The number of anilines is 1. The number of nitrogens with one attached hydrogen (secondary N) is 2. The summed E-state index contributed by atoms with van der Waals surface area (Å²) in [4.78, 5) is 11.2. The van der Waals surface area contributed by atoms with E-state index >= 15 is 0 Å². The van der Waals surface area contributed by atoms with E-state index in [0.717, 1.165) is 41.6 Å². The zero-order valence-corrected chi connectivity index (χ0v) is 15.9. The maximum Gasteiger partial charge on any atom is 0.138 e. The van der Waals surface area contributed by atoms with Crippen molar-refractivity contribution < 1.29 is 0 Å². The molecule has 26 heavy (non-hydrogen) atoms. The van der Waals surface area contributed by atoms with Crippen molar-refractivity contribution in [2.45, 2.75) is 44.6 Å². The van der Waals surface area contributed by atoms with Crippen LogP contribution in [-0.2, 0) is 0 Å². The number of hydrogen-bond donors (Lipinski definition) is 2. The van der Waals surface area contributed by atoms with Crippen molar-refractivity contribution in [2.75, 3.05) is 18.4 Å². The summed E-state index contributed by atoms with van der Waals surface area (Å²) in [5.74, 6) is 0.950. The van der Waals surface area contributed by atoms with Crippen LogP contribution in [0.25, 0.3) is 20.7 Å². The molecule has 0 radical (unpaired) electrons. The van der Waals surface area contributed by atoms with Crippen LogP contribution in [-0.4, -0.2) is 29.1 Å². The van der Waals surface area contributed by atoms with E-state index in [0.29, 0.717) is 0 Å². The molecule has 136 valence electrons. The molecular weight excluding hydrogens is 340 g/mol. The highest BCUT2D eigenvalue weighted by Gasteiger charge is 2.12. The average Bonchev–Trinajstić information content (AvgIpc) is 3.14. The lowest BCUT2D eigenvalue weighted by molar-refractivity contribution is 0.373. The zero-order valence-electron chi connectivity index (χ0n) is 15.1. The average molecular weight is 367 g/mol. The minimum absolute atomic E-state index is 0.736. The van der Waals surface area contributed by atoms with E-state index in [-0.39, 0.29) is 0 Å². The topological polar surface area (TPSA) is 49.8 Å². The highest BCUT2D eigenvalue weighted by molar-refractivity contribution is 7.21. The summed E-state index contributed by atoms with van der Waals surface area (Å²) in [7, 11) is 0. The molecule has 1 aliphatic carbocycles. The molecule has 3 aromatic rings. The Balaban J connectivity index is 1.35. The third-order valence-corrected chi connectivity index (χ3v) is 6.16. The summed E-state index contributed by atoms with van der Waals surface area (Å²) in [5, 5.41) is 8.33. The van der Waals surface area contributed by atoms with Gasteiger partial charge in [0.2, 0.25) is 0 Å². The molecule has 1 fully saturated rings. The standard InChI is InChI=1S/C21H26N4S/c1-3-8-16(9-4-1)19-14-18-20(24-15-25-21(18)26-19)23-13-7-12-22-17-10-5-2-6-11-17/h1,3-4,8-9,14-15,17,22H,2,5-7,10-13H2,(H,23,24,25). The van der Waals surface area contributed by atoms with Crippen LogP contribution < -0.4 is 10.6 Å². The predicted octanol–water partition coefficient (Wildman–Crippen LogP) is 5.08. The van der Waals surface area contributed by atoms with Gasteiger partial charge in [-0.1, -0.05) is 49.6 Å². The first-order valence-electron chi connectivity index (χ1n) is 9.67. The maximum atomic E-state index is 4.47. The van der Waals surface area contributed by atoms with Crippen molar-refractivity contribution in [3.8, 4) is 10.4 Å². The summed E-state index contributed by atoms with van der Waals surface area (Å²) in [6, 6.07) is 13.4. The van der Waals surface area contributed by atoms with Gasteiger partial charge in [-0.2, -0.15) is 0 Å². The van der Waals surface area contributed by atoms with Gasteiger partial charge >= 0.3 is 0 Å². The van der Waals surface area contributed by atoms with Gasteiger partial charge in [-0.3, -0.25) is 0 Å². The van der Waals surface area contributed by atoms with Gasteiger partial charge in [-0.05, 0) is 37.4 Å². The summed E-state index contributed by atoms with van der Waals surface area (Å²) < 4.78 is 0. The normalized spacial score (nSPS) is 15.4. The van der Waals surface area contributed by atoms with E-state index in [2.05, 4.69) is 50.9 Å². The van der Waals surface area contributed by atoms with Crippen molar-refractivity contribution in [1.82, 2.24) is 15.3 Å². The second kappa shape index (κ2) is 8.60. The molecule has 1 aliphatic rings. The number of fused-ring (bicyclic) bond motifs is 1. The molecule has 4 rings (SSSR count). The Morgan fingerprint density at radius 1 is 1.00 bits per heavy atom. The van der Waals surface area contributed by atoms with Crippen molar-refractivity contribution in [3.05, 3.63) is 42.7 Å². The van der Waals surface area contributed by atoms with Gasteiger partial charge in [0.15, 0.2) is 0 Å². The fourth-order valence-electron chi connectivity index (χ4n) is 3.65. The Labute approximate surface area is 159 Å². The molecule has 4 nitrogen and oxygen atoms in total. The molecule has 0 spiro atoms. The Morgan fingerprint density at radius 2 is 1.85 bits per heavy atom. The van der Waals surface area contributed by atoms with Crippen molar-refractivity contribution in [3.63, 3.8) is 0 Å². The number of thiophene rings is 1. The second-order valence-corrected chi connectivity index (χ2v) is 8.02. The number of rotatable bonds is 7. The lowest BCUT2D eigenvalue weighted by Gasteiger charge is -2.22. The van der Waals surface area contributed by atoms with Crippen LogP contribution in [0.15, 0.2) is 42.7 Å². The number of aromatic nitrogens is 2. The molecule has 1 aromatic carbocycles. The van der Waals surface area contributed by atoms with E-state index in [4.69, 9.17) is 0 Å². The molecule has 2 heterocycles. The van der Waals surface area contributed by atoms with Gasteiger partial charge < -0.3 is 10.6 Å². The van der Waals surface area contributed by atoms with Crippen molar-refractivity contribution in [1.29, 1.82) is 0 Å². The smallest absolute Gasteiger partial charge is 0.138 e. The highest BCUT2D eigenvalue weighted by Crippen LogP contribution is 2.34. The Kier molecular flexibility index (Phi) is 5.77. The lowest BCUT2D eigenvalue weighted by atomic mass is 9.95. The quantitative estimate of drug-likeness (QED) is 0.572. The molecule has 1 saturated carbocycles. The van der Waals surface area contributed by atoms with Crippen LogP contribution in [0.3, 0.4) is 0 Å². The Hall–Kier alpha value is -1.98. The summed E-state index contributed by atoms with van der Waals surface area (Å²) in [5.41, 5.74) is 1.23. The minimum Gasteiger partial charge on any atom is -0.369 e. The molecular formula is C21H26N4S. The first kappa shape index (κ1) is 17.4. The van der Waals surface area contributed by atoms with Gasteiger partial charge in [-0.25, -0.2) is 9.97 Å². The van der Waals surface area contributed by atoms with Gasteiger partial charge in [-0.15, -0.1) is 11.3 Å². The van der Waals surface area contributed by atoms with Gasteiger partial charge in [0, 0.05) is 17.5 Å². The first-order chi connectivity index (χ1) is 12.9. The third kappa shape index (κ3) is 4.22. The molecule has 0 amide bonds. The fraction of sp³-hybridized carbons (Fsp3) is 0.429. The van der Waals surface area contributed by atoms with Crippen LogP contribution in [0.4, 0.5) is 5.82 Å². The van der Waals surface area contributed by atoms with E-state index in [9.17, 15) is 0 Å². The van der Waals surface area contributed by atoms with Crippen LogP contribution in [0.2, 0.25) is 0 Å². The van der Waals surface area contributed by atoms with Gasteiger partial charge in [0.05, 0.1) is 5.39 Å². The molecule has 0 bridgehead atoms. The summed E-state index contributed by atoms with van der Waals surface area (Å²) >= 11 is 1.72. The largest absolute Gasteiger partial charge is 0.369 e. The number of nitrogens with zero attached hydrogens (tertiary/aromatic N) is 2. The molecule has 0 atom stereocenters. The van der Waals surface area contributed by atoms with Crippen LogP contribution in [0, 0.1) is 0 Å². The van der Waals surface area contributed by atoms with Crippen LogP contribution in [0.1, 0.15) is 38.5 Å². The molecule has 0 unspecified atom stereocenters. The lowest BCUT2D eigenvalue weighted by Crippen LogP contribution is -2.32. The molecule has 0 aliphatic heterocycles. The molecule has 2 aromatic heterocycles. The number of hydrogen-bond acceptors (Lipinski definition) is 5. The zero-order chi connectivity index (χ0) is 17.6. The van der Waals surface area contributed by atoms with E-state index in [1.807, 2.05) is 6.07 Å². The molecule has 0 saturated heterocycles. The van der Waals surface area contributed by atoms with E-state index < -0.39 is 0 Å². The van der Waals surface area contributed by atoms with Crippen molar-refractivity contribution in [2.24, 2.45) is 0 Å². The minimum atomic E-state index is 0.736. The summed E-state index contributed by atoms with van der Waals surface area (Å²) in [6.45, 7) is 2.01. The van der Waals surface area contributed by atoms with Gasteiger partial charge in [0.25, 0.3) is 0 Å². The van der Waals surface area contributed by atoms with Gasteiger partial charge in [0.1, 0.15) is 17.0 Å². The predicted molar refractivity (Wildman–Crippen MR) is 111 cm³/mol. The highest BCUT2D eigenvalue weighted by atomic mass is 32.1. The Bertz CT molecular complexity index is 824. The van der Waals surface area contributed by atoms with E-state index in [1.165, 1.54) is 42.5 Å². The first-order valence-corrected chi connectivity index (χ1v) is 10.5. The Morgan fingerprint density at radius 3 is 2.69 bits per heavy atom. The van der Waals surface area contributed by atoms with Crippen LogP contribution in [0.5, 0.6) is 0 Å². The second-order valence-electron chi connectivity index (χ2n) is 6.99. The number of benzene rings is 1. The summed E-state index contributed by atoms with van der Waals surface area (Å²) in [6.07, 6.45) is 9.64.